The average molecular weight is 330 g/mol. The molecule has 19 heavy (non-hydrogen) atoms. The first-order valence-corrected chi connectivity index (χ1v) is 6.93. The standard InChI is InChI=1S/C13H16BrNO4/c1-3-15(4-2)11(13(16)17)8-5-9(14)12-10(6-8)18-7-19-12/h5-6,11H,3-4,7H2,1-2H3,(H,16,17). The van der Waals surface area contributed by atoms with Crippen molar-refractivity contribution in [1.82, 2.24) is 4.90 Å². The summed E-state index contributed by atoms with van der Waals surface area (Å²) in [6.45, 7) is 5.39. The van der Waals surface area contributed by atoms with Gasteiger partial charge in [0.1, 0.15) is 6.04 Å². The van der Waals surface area contributed by atoms with Crippen LogP contribution in [0.4, 0.5) is 0 Å². The highest BCUT2D eigenvalue weighted by molar-refractivity contribution is 9.10. The van der Waals surface area contributed by atoms with Crippen LogP contribution in [0.3, 0.4) is 0 Å². The quantitative estimate of drug-likeness (QED) is 0.899. The Morgan fingerprint density at radius 1 is 1.42 bits per heavy atom. The van der Waals surface area contributed by atoms with Crippen molar-refractivity contribution in [1.29, 1.82) is 0 Å². The van der Waals surface area contributed by atoms with Crippen molar-refractivity contribution in [3.8, 4) is 11.5 Å². The number of carboxylic acid groups (broad SMARTS) is 1. The second kappa shape index (κ2) is 5.79. The Morgan fingerprint density at radius 3 is 2.68 bits per heavy atom. The Labute approximate surface area is 120 Å². The minimum absolute atomic E-state index is 0.167. The van der Waals surface area contributed by atoms with E-state index in [1.807, 2.05) is 18.7 Å². The van der Waals surface area contributed by atoms with Gasteiger partial charge in [0.2, 0.25) is 6.79 Å². The molecule has 1 aliphatic rings. The zero-order chi connectivity index (χ0) is 14.0. The molecule has 0 saturated carbocycles. The summed E-state index contributed by atoms with van der Waals surface area (Å²) in [5.74, 6) is 0.352. The van der Waals surface area contributed by atoms with Crippen LogP contribution in [-0.2, 0) is 4.79 Å². The molecule has 2 rings (SSSR count). The van der Waals surface area contributed by atoms with E-state index in [0.717, 1.165) is 4.47 Å². The van der Waals surface area contributed by atoms with Crippen LogP contribution in [0, 0.1) is 0 Å². The maximum Gasteiger partial charge on any atom is 0.325 e. The van der Waals surface area contributed by atoms with Crippen molar-refractivity contribution < 1.29 is 19.4 Å². The van der Waals surface area contributed by atoms with Crippen molar-refractivity contribution in [2.45, 2.75) is 19.9 Å². The minimum Gasteiger partial charge on any atom is -0.480 e. The normalized spacial score (nSPS) is 14.7. The highest BCUT2D eigenvalue weighted by Gasteiger charge is 2.28. The Hall–Kier alpha value is -1.27. The number of hydrogen-bond acceptors (Lipinski definition) is 4. The number of hydrogen-bond donors (Lipinski definition) is 1. The molecular weight excluding hydrogens is 314 g/mol. The first-order valence-electron chi connectivity index (χ1n) is 6.14. The Kier molecular flexibility index (Phi) is 4.31. The fourth-order valence-corrected chi connectivity index (χ4v) is 2.82. The third-order valence-corrected chi connectivity index (χ3v) is 3.77. The molecule has 1 aliphatic heterocycles. The largest absolute Gasteiger partial charge is 0.480 e. The number of halogens is 1. The lowest BCUT2D eigenvalue weighted by Gasteiger charge is -2.26. The minimum atomic E-state index is -0.866. The molecule has 1 N–H and O–H groups in total. The molecule has 1 aromatic carbocycles. The maximum absolute atomic E-state index is 11.5. The first-order chi connectivity index (χ1) is 9.08. The topological polar surface area (TPSA) is 59.0 Å². The van der Waals surface area contributed by atoms with Gasteiger partial charge in [-0.1, -0.05) is 13.8 Å². The lowest BCUT2D eigenvalue weighted by atomic mass is 10.0. The number of ether oxygens (including phenoxy) is 2. The van der Waals surface area contributed by atoms with E-state index < -0.39 is 12.0 Å². The first kappa shape index (κ1) is 14.1. The second-order valence-corrected chi connectivity index (χ2v) is 5.05. The number of carbonyl (C=O) groups is 1. The van der Waals surface area contributed by atoms with E-state index in [0.29, 0.717) is 30.2 Å². The fraction of sp³-hybridized carbons (Fsp3) is 0.462. The zero-order valence-electron chi connectivity index (χ0n) is 10.9. The van der Waals surface area contributed by atoms with E-state index in [1.54, 1.807) is 12.1 Å². The average Bonchev–Trinajstić information content (AvgIpc) is 2.83. The van der Waals surface area contributed by atoms with Crippen LogP contribution in [0.25, 0.3) is 0 Å². The molecule has 1 unspecified atom stereocenters. The lowest BCUT2D eigenvalue weighted by Crippen LogP contribution is -2.33. The number of carboxylic acids is 1. The SMILES string of the molecule is CCN(CC)C(C(=O)O)c1cc(Br)c2c(c1)OCO2. The molecule has 0 bridgehead atoms. The summed E-state index contributed by atoms with van der Waals surface area (Å²) >= 11 is 3.39. The summed E-state index contributed by atoms with van der Waals surface area (Å²) in [5.41, 5.74) is 0.687. The number of benzene rings is 1. The van der Waals surface area contributed by atoms with Gasteiger partial charge >= 0.3 is 5.97 Å². The van der Waals surface area contributed by atoms with Gasteiger partial charge in [0.15, 0.2) is 11.5 Å². The van der Waals surface area contributed by atoms with E-state index in [-0.39, 0.29) is 6.79 Å². The highest BCUT2D eigenvalue weighted by Crippen LogP contribution is 2.42. The van der Waals surface area contributed by atoms with Crippen molar-refractivity contribution >= 4 is 21.9 Å². The molecule has 0 aromatic heterocycles. The van der Waals surface area contributed by atoms with Crippen LogP contribution in [-0.4, -0.2) is 35.9 Å². The highest BCUT2D eigenvalue weighted by atomic mass is 79.9. The van der Waals surface area contributed by atoms with Crippen LogP contribution in [0.5, 0.6) is 11.5 Å². The van der Waals surface area contributed by atoms with Crippen molar-refractivity contribution in [2.75, 3.05) is 19.9 Å². The monoisotopic (exact) mass is 329 g/mol. The lowest BCUT2D eigenvalue weighted by molar-refractivity contribution is -0.143. The van der Waals surface area contributed by atoms with E-state index in [9.17, 15) is 9.90 Å². The summed E-state index contributed by atoms with van der Waals surface area (Å²) in [7, 11) is 0. The molecule has 0 aliphatic carbocycles. The maximum atomic E-state index is 11.5. The molecular formula is C13H16BrNO4. The van der Waals surface area contributed by atoms with Crippen molar-refractivity contribution in [3.63, 3.8) is 0 Å². The number of likely N-dealkylation sites (N-methyl/N-ethyl adjacent to an activating group) is 1. The van der Waals surface area contributed by atoms with Crippen molar-refractivity contribution in [3.05, 3.63) is 22.2 Å². The summed E-state index contributed by atoms with van der Waals surface area (Å²) in [4.78, 5) is 13.4. The zero-order valence-corrected chi connectivity index (χ0v) is 12.4. The van der Waals surface area contributed by atoms with Crippen LogP contribution in [0.2, 0.25) is 0 Å². The van der Waals surface area contributed by atoms with Gasteiger partial charge in [-0.2, -0.15) is 0 Å². The van der Waals surface area contributed by atoms with Gasteiger partial charge in [0.25, 0.3) is 0 Å². The van der Waals surface area contributed by atoms with E-state index >= 15 is 0 Å². The second-order valence-electron chi connectivity index (χ2n) is 4.20. The Balaban J connectivity index is 2.43. The molecule has 0 radical (unpaired) electrons. The van der Waals surface area contributed by atoms with E-state index in [4.69, 9.17) is 9.47 Å². The number of nitrogens with zero attached hydrogens (tertiary/aromatic N) is 1. The summed E-state index contributed by atoms with van der Waals surface area (Å²) < 4.78 is 11.4. The molecule has 0 amide bonds. The smallest absolute Gasteiger partial charge is 0.325 e. The molecule has 0 spiro atoms. The van der Waals surface area contributed by atoms with Gasteiger partial charge in [-0.05, 0) is 46.7 Å². The number of aliphatic carboxylic acids is 1. The van der Waals surface area contributed by atoms with Gasteiger partial charge in [-0.25, -0.2) is 0 Å². The van der Waals surface area contributed by atoms with E-state index in [2.05, 4.69) is 15.9 Å². The van der Waals surface area contributed by atoms with Gasteiger partial charge in [-0.15, -0.1) is 0 Å². The molecule has 104 valence electrons. The van der Waals surface area contributed by atoms with Gasteiger partial charge < -0.3 is 14.6 Å². The van der Waals surface area contributed by atoms with E-state index in [1.165, 1.54) is 0 Å². The predicted octanol–water partition coefficient (Wildman–Crippen LogP) is 2.65. The third-order valence-electron chi connectivity index (χ3n) is 3.18. The van der Waals surface area contributed by atoms with Crippen LogP contribution >= 0.6 is 15.9 Å². The number of fused-ring (bicyclic) bond motifs is 1. The van der Waals surface area contributed by atoms with Crippen LogP contribution in [0.15, 0.2) is 16.6 Å². The number of rotatable bonds is 5. The molecule has 5 nitrogen and oxygen atoms in total. The summed E-state index contributed by atoms with van der Waals surface area (Å²) in [6.07, 6.45) is 0. The molecule has 1 aromatic rings. The van der Waals surface area contributed by atoms with Gasteiger partial charge in [-0.3, -0.25) is 9.69 Å². The molecule has 1 atom stereocenters. The molecule has 0 fully saturated rings. The molecule has 6 heteroatoms. The van der Waals surface area contributed by atoms with Gasteiger partial charge in [0, 0.05) is 0 Å². The Morgan fingerprint density at radius 2 is 2.11 bits per heavy atom. The Bertz CT molecular complexity index is 488. The summed E-state index contributed by atoms with van der Waals surface area (Å²) in [6, 6.07) is 2.84. The fourth-order valence-electron chi connectivity index (χ4n) is 2.24. The van der Waals surface area contributed by atoms with Gasteiger partial charge in [0.05, 0.1) is 4.47 Å². The summed E-state index contributed by atoms with van der Waals surface area (Å²) in [5, 5.41) is 9.47. The van der Waals surface area contributed by atoms with Crippen LogP contribution in [0.1, 0.15) is 25.5 Å². The molecule has 0 saturated heterocycles. The predicted molar refractivity (Wildman–Crippen MR) is 73.6 cm³/mol. The van der Waals surface area contributed by atoms with Crippen molar-refractivity contribution in [2.24, 2.45) is 0 Å². The van der Waals surface area contributed by atoms with Crippen LogP contribution < -0.4 is 9.47 Å². The third kappa shape index (κ3) is 2.69. The molecule has 1 heterocycles.